The van der Waals surface area contributed by atoms with E-state index in [2.05, 4.69) is 21.4 Å². The van der Waals surface area contributed by atoms with Crippen molar-refractivity contribution in [1.82, 2.24) is 9.97 Å². The van der Waals surface area contributed by atoms with E-state index in [0.29, 0.717) is 12.1 Å². The van der Waals surface area contributed by atoms with E-state index < -0.39 is 0 Å². The lowest BCUT2D eigenvalue weighted by Gasteiger charge is -2.09. The van der Waals surface area contributed by atoms with Crippen molar-refractivity contribution in [2.75, 3.05) is 5.32 Å². The monoisotopic (exact) mass is 258 g/mol. The van der Waals surface area contributed by atoms with Crippen molar-refractivity contribution in [3.8, 4) is 6.07 Å². The van der Waals surface area contributed by atoms with Crippen LogP contribution in [0, 0.1) is 32.1 Å². The van der Waals surface area contributed by atoms with Gasteiger partial charge < -0.3 is 5.32 Å². The van der Waals surface area contributed by atoms with E-state index in [1.165, 1.54) is 0 Å². The Bertz CT molecular complexity index is 610. The molecule has 4 nitrogen and oxygen atoms in total. The predicted molar refractivity (Wildman–Crippen MR) is 72.6 cm³/mol. The molecule has 0 atom stereocenters. The van der Waals surface area contributed by atoms with Crippen molar-refractivity contribution in [1.29, 1.82) is 5.26 Å². The Hall–Kier alpha value is -1.93. The average Bonchev–Trinajstić information content (AvgIpc) is 2.72. The fourth-order valence-electron chi connectivity index (χ4n) is 1.76. The third-order valence-electron chi connectivity index (χ3n) is 2.54. The van der Waals surface area contributed by atoms with Gasteiger partial charge in [0.2, 0.25) is 0 Å². The van der Waals surface area contributed by atoms with Crippen LogP contribution in [-0.4, -0.2) is 9.97 Å². The first kappa shape index (κ1) is 12.5. The van der Waals surface area contributed by atoms with Crippen LogP contribution in [0.1, 0.15) is 27.7 Å². The maximum absolute atomic E-state index is 9.15. The number of nitrogens with zero attached hydrogens (tertiary/aromatic N) is 3. The molecule has 0 spiro atoms. The second-order valence-corrected chi connectivity index (χ2v) is 5.06. The molecule has 2 rings (SSSR count). The minimum Gasteiger partial charge on any atom is -0.377 e. The average molecular weight is 258 g/mol. The van der Waals surface area contributed by atoms with Gasteiger partial charge in [0.15, 0.2) is 0 Å². The molecule has 0 aliphatic heterocycles. The van der Waals surface area contributed by atoms with E-state index in [9.17, 15) is 0 Å². The summed E-state index contributed by atoms with van der Waals surface area (Å²) < 4.78 is 0. The van der Waals surface area contributed by atoms with Crippen LogP contribution in [0.15, 0.2) is 11.4 Å². The highest BCUT2D eigenvalue weighted by atomic mass is 32.1. The Kier molecular flexibility index (Phi) is 3.58. The smallest absolute Gasteiger partial charge is 0.112 e. The van der Waals surface area contributed by atoms with E-state index in [0.717, 1.165) is 27.8 Å². The molecule has 0 saturated heterocycles. The Labute approximate surface area is 110 Å². The molecule has 0 amide bonds. The lowest BCUT2D eigenvalue weighted by atomic mass is 10.1. The molecule has 0 aliphatic carbocycles. The predicted octanol–water partition coefficient (Wildman–Crippen LogP) is 2.95. The quantitative estimate of drug-likeness (QED) is 0.919. The zero-order valence-corrected chi connectivity index (χ0v) is 11.4. The van der Waals surface area contributed by atoms with Gasteiger partial charge in [-0.25, -0.2) is 4.98 Å². The fraction of sp³-hybridized carbons (Fsp3) is 0.308. The highest BCUT2D eigenvalue weighted by molar-refractivity contribution is 7.09. The Morgan fingerprint density at radius 2 is 2.06 bits per heavy atom. The minimum absolute atomic E-state index is 0.605. The van der Waals surface area contributed by atoms with Gasteiger partial charge in [0.1, 0.15) is 11.1 Å². The zero-order valence-electron chi connectivity index (χ0n) is 10.6. The van der Waals surface area contributed by atoms with Crippen molar-refractivity contribution in [3.63, 3.8) is 0 Å². The first-order valence-corrected chi connectivity index (χ1v) is 6.51. The van der Waals surface area contributed by atoms with Gasteiger partial charge in [-0.1, -0.05) is 0 Å². The molecular weight excluding hydrogens is 244 g/mol. The molecule has 2 aromatic heterocycles. The van der Waals surface area contributed by atoms with Gasteiger partial charge in [0.25, 0.3) is 0 Å². The number of thiazole rings is 1. The topological polar surface area (TPSA) is 61.6 Å². The SMILES string of the molecule is Cc1csc(CNc2cc(C)nc(C)c2C#N)n1. The van der Waals surface area contributed by atoms with E-state index in [4.69, 9.17) is 5.26 Å². The summed E-state index contributed by atoms with van der Waals surface area (Å²) in [6, 6.07) is 4.09. The molecule has 92 valence electrons. The number of hydrogen-bond acceptors (Lipinski definition) is 5. The normalized spacial score (nSPS) is 10.1. The number of anilines is 1. The van der Waals surface area contributed by atoms with E-state index in [1.807, 2.05) is 32.2 Å². The van der Waals surface area contributed by atoms with Crippen molar-refractivity contribution in [3.05, 3.63) is 39.1 Å². The summed E-state index contributed by atoms with van der Waals surface area (Å²) in [7, 11) is 0. The summed E-state index contributed by atoms with van der Waals surface area (Å²) in [5.41, 5.74) is 4.13. The van der Waals surface area contributed by atoms with Crippen LogP contribution < -0.4 is 5.32 Å². The maximum Gasteiger partial charge on any atom is 0.112 e. The van der Waals surface area contributed by atoms with Crippen LogP contribution in [0.25, 0.3) is 0 Å². The molecule has 0 aromatic carbocycles. The summed E-state index contributed by atoms with van der Waals surface area (Å²) >= 11 is 1.62. The molecule has 5 heteroatoms. The van der Waals surface area contributed by atoms with Crippen molar-refractivity contribution >= 4 is 17.0 Å². The Morgan fingerprint density at radius 3 is 2.67 bits per heavy atom. The highest BCUT2D eigenvalue weighted by Crippen LogP contribution is 2.20. The molecule has 1 N–H and O–H groups in total. The number of hydrogen-bond donors (Lipinski definition) is 1. The Morgan fingerprint density at radius 1 is 1.28 bits per heavy atom. The highest BCUT2D eigenvalue weighted by Gasteiger charge is 2.08. The molecule has 0 fully saturated rings. The summed E-state index contributed by atoms with van der Waals surface area (Å²) in [6.45, 7) is 6.38. The second-order valence-electron chi connectivity index (χ2n) is 4.12. The number of pyridine rings is 1. The first-order chi connectivity index (χ1) is 8.60. The van der Waals surface area contributed by atoms with Gasteiger partial charge in [-0.2, -0.15) is 5.26 Å². The molecule has 0 bridgehead atoms. The van der Waals surface area contributed by atoms with E-state index in [1.54, 1.807) is 11.3 Å². The summed E-state index contributed by atoms with van der Waals surface area (Å²) in [6.07, 6.45) is 0. The molecule has 2 aromatic rings. The Balaban J connectivity index is 2.21. The number of nitrogens with one attached hydrogen (secondary N) is 1. The van der Waals surface area contributed by atoms with E-state index in [-0.39, 0.29) is 0 Å². The molecule has 0 saturated carbocycles. The number of rotatable bonds is 3. The van der Waals surface area contributed by atoms with Crippen molar-refractivity contribution < 1.29 is 0 Å². The largest absolute Gasteiger partial charge is 0.377 e. The van der Waals surface area contributed by atoms with Gasteiger partial charge >= 0.3 is 0 Å². The lowest BCUT2D eigenvalue weighted by Crippen LogP contribution is -2.04. The van der Waals surface area contributed by atoms with Gasteiger partial charge in [-0.05, 0) is 26.8 Å². The van der Waals surface area contributed by atoms with Gasteiger partial charge in [-0.3, -0.25) is 4.98 Å². The van der Waals surface area contributed by atoms with Crippen LogP contribution in [0.5, 0.6) is 0 Å². The van der Waals surface area contributed by atoms with Crippen LogP contribution in [0.2, 0.25) is 0 Å². The number of aromatic nitrogens is 2. The third kappa shape index (κ3) is 2.66. The molecule has 18 heavy (non-hydrogen) atoms. The van der Waals surface area contributed by atoms with Crippen LogP contribution in [0.4, 0.5) is 5.69 Å². The molecule has 2 heterocycles. The molecule has 0 aliphatic rings. The van der Waals surface area contributed by atoms with Crippen molar-refractivity contribution in [2.24, 2.45) is 0 Å². The van der Waals surface area contributed by atoms with Crippen LogP contribution in [-0.2, 0) is 6.54 Å². The number of aryl methyl sites for hydroxylation is 3. The first-order valence-electron chi connectivity index (χ1n) is 5.63. The van der Waals surface area contributed by atoms with Gasteiger partial charge in [-0.15, -0.1) is 11.3 Å². The van der Waals surface area contributed by atoms with Crippen molar-refractivity contribution in [2.45, 2.75) is 27.3 Å². The van der Waals surface area contributed by atoms with Gasteiger partial charge in [0, 0.05) is 16.8 Å². The minimum atomic E-state index is 0.605. The molecule has 0 radical (unpaired) electrons. The summed E-state index contributed by atoms with van der Waals surface area (Å²) in [4.78, 5) is 8.67. The second kappa shape index (κ2) is 5.15. The summed E-state index contributed by atoms with van der Waals surface area (Å²) in [5.74, 6) is 0. The number of nitriles is 1. The summed E-state index contributed by atoms with van der Waals surface area (Å²) in [5, 5.41) is 15.4. The van der Waals surface area contributed by atoms with Gasteiger partial charge in [0.05, 0.1) is 23.5 Å². The van der Waals surface area contributed by atoms with E-state index >= 15 is 0 Å². The van der Waals surface area contributed by atoms with Crippen LogP contribution >= 0.6 is 11.3 Å². The zero-order chi connectivity index (χ0) is 13.1. The fourth-order valence-corrected chi connectivity index (χ4v) is 2.48. The maximum atomic E-state index is 9.15. The molecule has 0 unspecified atom stereocenters. The van der Waals surface area contributed by atoms with Crippen LogP contribution in [0.3, 0.4) is 0 Å². The third-order valence-corrected chi connectivity index (χ3v) is 3.50. The molecular formula is C13H14N4S. The lowest BCUT2D eigenvalue weighted by molar-refractivity contribution is 1.05. The standard InChI is InChI=1S/C13H14N4S/c1-8-4-12(11(5-14)10(3)16-8)15-6-13-17-9(2)7-18-13/h4,7H,6H2,1-3H3,(H,15,16).